The van der Waals surface area contributed by atoms with Crippen molar-refractivity contribution in [3.8, 4) is 0 Å². The van der Waals surface area contributed by atoms with Crippen molar-refractivity contribution < 1.29 is 4.79 Å². The Kier molecular flexibility index (Phi) is 2.02. The van der Waals surface area contributed by atoms with Crippen molar-refractivity contribution in [1.82, 2.24) is 9.38 Å². The van der Waals surface area contributed by atoms with E-state index in [4.69, 9.17) is 11.6 Å². The number of imidazole rings is 1. The van der Waals surface area contributed by atoms with E-state index < -0.39 is 0 Å². The maximum Gasteiger partial charge on any atom is 0.136 e. The molecule has 0 N–H and O–H groups in total. The standard InChI is InChI=1S/C9H7ClN2O/c10-7-1-2-9-11-5-8(3-4-13)12(9)6-7/h1-2,4-6H,3H2. The van der Waals surface area contributed by atoms with E-state index in [-0.39, 0.29) is 0 Å². The lowest BCUT2D eigenvalue weighted by Gasteiger charge is -1.97. The zero-order chi connectivity index (χ0) is 9.26. The van der Waals surface area contributed by atoms with Gasteiger partial charge in [-0.25, -0.2) is 4.98 Å². The van der Waals surface area contributed by atoms with Crippen LogP contribution >= 0.6 is 11.6 Å². The first-order valence-electron chi connectivity index (χ1n) is 3.86. The highest BCUT2D eigenvalue weighted by molar-refractivity contribution is 6.30. The number of rotatable bonds is 2. The van der Waals surface area contributed by atoms with E-state index in [0.29, 0.717) is 11.4 Å². The first-order chi connectivity index (χ1) is 6.31. The molecule has 0 spiro atoms. The molecule has 0 unspecified atom stereocenters. The van der Waals surface area contributed by atoms with Crippen molar-refractivity contribution in [3.05, 3.63) is 35.2 Å². The first kappa shape index (κ1) is 8.26. The molecule has 0 saturated carbocycles. The molecule has 0 aliphatic rings. The molecule has 0 fully saturated rings. The van der Waals surface area contributed by atoms with Crippen LogP contribution in [0, 0.1) is 0 Å². The van der Waals surface area contributed by atoms with Gasteiger partial charge in [-0.05, 0) is 12.1 Å². The maximum atomic E-state index is 10.3. The van der Waals surface area contributed by atoms with Crippen molar-refractivity contribution in [2.24, 2.45) is 0 Å². The van der Waals surface area contributed by atoms with E-state index in [9.17, 15) is 4.79 Å². The Morgan fingerprint density at radius 3 is 3.15 bits per heavy atom. The minimum absolute atomic E-state index is 0.363. The van der Waals surface area contributed by atoms with Crippen molar-refractivity contribution in [2.75, 3.05) is 0 Å². The Hall–Kier alpha value is -1.35. The quantitative estimate of drug-likeness (QED) is 0.683. The van der Waals surface area contributed by atoms with Crippen LogP contribution in [0.4, 0.5) is 0 Å². The van der Waals surface area contributed by atoms with Gasteiger partial charge in [0.25, 0.3) is 0 Å². The molecule has 0 aromatic carbocycles. The summed E-state index contributed by atoms with van der Waals surface area (Å²) in [7, 11) is 0. The summed E-state index contributed by atoms with van der Waals surface area (Å²) in [4.78, 5) is 14.5. The molecule has 0 atom stereocenters. The normalized spacial score (nSPS) is 10.5. The van der Waals surface area contributed by atoms with Crippen molar-refractivity contribution in [1.29, 1.82) is 0 Å². The highest BCUT2D eigenvalue weighted by atomic mass is 35.5. The van der Waals surface area contributed by atoms with E-state index in [0.717, 1.165) is 17.6 Å². The highest BCUT2D eigenvalue weighted by Crippen LogP contribution is 2.12. The topological polar surface area (TPSA) is 34.4 Å². The second-order valence-electron chi connectivity index (χ2n) is 2.70. The first-order valence-corrected chi connectivity index (χ1v) is 4.24. The zero-order valence-corrected chi connectivity index (χ0v) is 7.53. The molecule has 0 aliphatic carbocycles. The number of hydrogen-bond acceptors (Lipinski definition) is 2. The number of fused-ring (bicyclic) bond motifs is 1. The molecular weight excluding hydrogens is 188 g/mol. The van der Waals surface area contributed by atoms with Crippen molar-refractivity contribution >= 4 is 23.5 Å². The Morgan fingerprint density at radius 1 is 1.54 bits per heavy atom. The van der Waals surface area contributed by atoms with Gasteiger partial charge in [0.15, 0.2) is 0 Å². The van der Waals surface area contributed by atoms with Crippen LogP contribution in [-0.4, -0.2) is 15.7 Å². The lowest BCUT2D eigenvalue weighted by Crippen LogP contribution is -1.92. The monoisotopic (exact) mass is 194 g/mol. The number of nitrogens with zero attached hydrogens (tertiary/aromatic N) is 2. The highest BCUT2D eigenvalue weighted by Gasteiger charge is 2.01. The number of carbonyl (C=O) groups excluding carboxylic acids is 1. The van der Waals surface area contributed by atoms with Gasteiger partial charge in [-0.1, -0.05) is 11.6 Å². The van der Waals surface area contributed by atoms with Gasteiger partial charge in [0.1, 0.15) is 11.9 Å². The summed E-state index contributed by atoms with van der Waals surface area (Å²) < 4.78 is 1.82. The predicted octanol–water partition coefficient (Wildman–Crippen LogP) is 1.73. The Labute approximate surface area is 80.0 Å². The minimum atomic E-state index is 0.363. The molecule has 2 heterocycles. The van der Waals surface area contributed by atoms with Crippen LogP contribution in [0.3, 0.4) is 0 Å². The van der Waals surface area contributed by atoms with E-state index in [2.05, 4.69) is 4.98 Å². The van der Waals surface area contributed by atoms with Gasteiger partial charge < -0.3 is 9.20 Å². The third-order valence-electron chi connectivity index (χ3n) is 1.84. The van der Waals surface area contributed by atoms with Crippen LogP contribution in [0.1, 0.15) is 5.69 Å². The van der Waals surface area contributed by atoms with Crippen molar-refractivity contribution in [3.63, 3.8) is 0 Å². The Balaban J connectivity index is 2.64. The van der Waals surface area contributed by atoms with Gasteiger partial charge in [0.05, 0.1) is 5.02 Å². The van der Waals surface area contributed by atoms with Crippen LogP contribution in [0.2, 0.25) is 5.02 Å². The molecule has 0 bridgehead atoms. The number of hydrogen-bond donors (Lipinski definition) is 0. The van der Waals surface area contributed by atoms with Gasteiger partial charge in [0, 0.05) is 24.5 Å². The van der Waals surface area contributed by atoms with Crippen LogP contribution in [0.5, 0.6) is 0 Å². The van der Waals surface area contributed by atoms with Gasteiger partial charge in [-0.3, -0.25) is 0 Å². The van der Waals surface area contributed by atoms with Crippen molar-refractivity contribution in [2.45, 2.75) is 6.42 Å². The molecule has 2 aromatic heterocycles. The van der Waals surface area contributed by atoms with Gasteiger partial charge in [-0.15, -0.1) is 0 Å². The third kappa shape index (κ3) is 1.42. The number of carbonyl (C=O) groups is 1. The number of halogens is 1. The fourth-order valence-corrected chi connectivity index (χ4v) is 1.40. The summed E-state index contributed by atoms with van der Waals surface area (Å²) in [5.74, 6) is 0. The average molecular weight is 195 g/mol. The SMILES string of the molecule is O=CCc1cnc2ccc(Cl)cn12. The summed E-state index contributed by atoms with van der Waals surface area (Å²) in [6, 6.07) is 3.59. The van der Waals surface area contributed by atoms with Gasteiger partial charge in [-0.2, -0.15) is 0 Å². The lowest BCUT2D eigenvalue weighted by atomic mass is 10.3. The smallest absolute Gasteiger partial charge is 0.136 e. The molecule has 4 heteroatoms. The summed E-state index contributed by atoms with van der Waals surface area (Å²) in [6.07, 6.45) is 4.65. The molecule has 0 amide bonds. The van der Waals surface area contributed by atoms with E-state index in [1.54, 1.807) is 18.5 Å². The average Bonchev–Trinajstić information content (AvgIpc) is 2.49. The molecule has 3 nitrogen and oxygen atoms in total. The van der Waals surface area contributed by atoms with Gasteiger partial charge >= 0.3 is 0 Å². The number of aromatic nitrogens is 2. The van der Waals surface area contributed by atoms with Crippen LogP contribution < -0.4 is 0 Å². The summed E-state index contributed by atoms with van der Waals surface area (Å²) in [5.41, 5.74) is 1.66. The molecule has 0 radical (unpaired) electrons. The van der Waals surface area contributed by atoms with Crippen LogP contribution in [0.25, 0.3) is 5.65 Å². The Morgan fingerprint density at radius 2 is 2.38 bits per heavy atom. The Bertz CT molecular complexity index is 450. The lowest BCUT2D eigenvalue weighted by molar-refractivity contribution is -0.107. The second kappa shape index (κ2) is 3.18. The fraction of sp³-hybridized carbons (Fsp3) is 0.111. The molecule has 66 valence electrons. The largest absolute Gasteiger partial charge is 0.303 e. The summed E-state index contributed by atoms with van der Waals surface area (Å²) >= 11 is 5.81. The summed E-state index contributed by atoms with van der Waals surface area (Å²) in [5, 5.41) is 0.637. The van der Waals surface area contributed by atoms with Gasteiger partial charge in [0.2, 0.25) is 0 Å². The third-order valence-corrected chi connectivity index (χ3v) is 2.06. The predicted molar refractivity (Wildman–Crippen MR) is 50.0 cm³/mol. The molecule has 2 aromatic rings. The van der Waals surface area contributed by atoms with E-state index >= 15 is 0 Å². The zero-order valence-electron chi connectivity index (χ0n) is 6.77. The van der Waals surface area contributed by atoms with Crippen LogP contribution in [0.15, 0.2) is 24.5 Å². The maximum absolute atomic E-state index is 10.3. The second-order valence-corrected chi connectivity index (χ2v) is 3.13. The molecule has 2 rings (SSSR count). The van der Waals surface area contributed by atoms with Crippen LogP contribution in [-0.2, 0) is 11.2 Å². The fourth-order valence-electron chi connectivity index (χ4n) is 1.24. The van der Waals surface area contributed by atoms with E-state index in [1.165, 1.54) is 0 Å². The molecule has 0 aliphatic heterocycles. The van der Waals surface area contributed by atoms with E-state index in [1.807, 2.05) is 10.5 Å². The molecular formula is C9H7ClN2O. The molecule has 13 heavy (non-hydrogen) atoms. The summed E-state index contributed by atoms with van der Waals surface area (Å²) in [6.45, 7) is 0. The number of pyridine rings is 1. The number of aldehydes is 1. The minimum Gasteiger partial charge on any atom is -0.303 e. The molecule has 0 saturated heterocycles.